The summed E-state index contributed by atoms with van der Waals surface area (Å²) in [4.78, 5) is 29.2. The molecule has 6 heteroatoms. The zero-order valence-electron chi connectivity index (χ0n) is 17.1. The molecular weight excluding hydrogens is 366 g/mol. The summed E-state index contributed by atoms with van der Waals surface area (Å²) in [6.45, 7) is 4.03. The smallest absolute Gasteiger partial charge is 0.227 e. The van der Waals surface area contributed by atoms with E-state index in [2.05, 4.69) is 0 Å². The average Bonchev–Trinajstić information content (AvgIpc) is 2.78. The molecule has 1 fully saturated rings. The molecule has 6 nitrogen and oxygen atoms in total. The predicted octanol–water partition coefficient (Wildman–Crippen LogP) is 2.24. The van der Waals surface area contributed by atoms with Crippen LogP contribution in [-0.4, -0.2) is 54.9 Å². The van der Waals surface area contributed by atoms with Gasteiger partial charge in [-0.2, -0.15) is 0 Å². The van der Waals surface area contributed by atoms with Gasteiger partial charge in [-0.1, -0.05) is 49.4 Å². The van der Waals surface area contributed by atoms with E-state index in [1.165, 1.54) is 0 Å². The lowest BCUT2D eigenvalue weighted by atomic mass is 9.94. The quantitative estimate of drug-likeness (QED) is 0.814. The van der Waals surface area contributed by atoms with Gasteiger partial charge in [-0.15, -0.1) is 0 Å². The van der Waals surface area contributed by atoms with Crippen LogP contribution in [0.5, 0.6) is 5.75 Å². The Balaban J connectivity index is 1.52. The fourth-order valence-electron chi connectivity index (χ4n) is 3.65. The number of ether oxygens (including phenoxy) is 1. The molecule has 1 saturated heterocycles. The Morgan fingerprint density at radius 1 is 1.00 bits per heavy atom. The number of nitrogens with zero attached hydrogens (tertiary/aromatic N) is 2. The van der Waals surface area contributed by atoms with Gasteiger partial charge in [-0.3, -0.25) is 9.59 Å². The summed E-state index contributed by atoms with van der Waals surface area (Å²) in [6, 6.07) is 16.9. The van der Waals surface area contributed by atoms with Crippen molar-refractivity contribution in [2.75, 3.05) is 33.3 Å². The average molecular weight is 396 g/mol. The first kappa shape index (κ1) is 20.9. The van der Waals surface area contributed by atoms with E-state index in [9.17, 15) is 9.59 Å². The number of nitrogens with two attached hydrogens (primary N) is 1. The molecule has 2 atom stereocenters. The van der Waals surface area contributed by atoms with E-state index in [1.807, 2.05) is 71.3 Å². The highest BCUT2D eigenvalue weighted by molar-refractivity contribution is 5.81. The van der Waals surface area contributed by atoms with Gasteiger partial charge < -0.3 is 20.3 Å². The number of benzene rings is 2. The van der Waals surface area contributed by atoms with Gasteiger partial charge in [0.2, 0.25) is 11.8 Å². The lowest BCUT2D eigenvalue weighted by Crippen LogP contribution is -2.52. The fraction of sp³-hybridized carbons (Fsp3) is 0.391. The van der Waals surface area contributed by atoms with Crippen molar-refractivity contribution in [3.8, 4) is 5.75 Å². The van der Waals surface area contributed by atoms with Gasteiger partial charge in [0.05, 0.1) is 19.4 Å². The number of carbonyl (C=O) groups excluding carboxylic acids is 2. The van der Waals surface area contributed by atoms with Crippen LogP contribution >= 0.6 is 0 Å². The van der Waals surface area contributed by atoms with E-state index in [4.69, 9.17) is 10.5 Å². The van der Waals surface area contributed by atoms with Crippen LogP contribution in [0.1, 0.15) is 24.1 Å². The van der Waals surface area contributed by atoms with Crippen LogP contribution in [0, 0.1) is 5.92 Å². The topological polar surface area (TPSA) is 75.9 Å². The van der Waals surface area contributed by atoms with Gasteiger partial charge >= 0.3 is 0 Å². The number of hydrogen-bond donors (Lipinski definition) is 1. The van der Waals surface area contributed by atoms with Crippen LogP contribution in [-0.2, 0) is 16.0 Å². The molecule has 3 rings (SSSR count). The zero-order valence-corrected chi connectivity index (χ0v) is 17.1. The maximum atomic E-state index is 12.9. The van der Waals surface area contributed by atoms with E-state index in [1.54, 1.807) is 7.11 Å². The summed E-state index contributed by atoms with van der Waals surface area (Å²) in [5, 5.41) is 0. The lowest BCUT2D eigenvalue weighted by Gasteiger charge is -2.37. The third kappa shape index (κ3) is 5.15. The SMILES string of the molecule is COc1cccc(CC(=O)N2CCN(C(=O)C(C)C(N)c3ccccc3)CC2)c1. The molecule has 2 aromatic rings. The summed E-state index contributed by atoms with van der Waals surface area (Å²) in [6.07, 6.45) is 0.334. The largest absolute Gasteiger partial charge is 0.497 e. The Morgan fingerprint density at radius 2 is 1.66 bits per heavy atom. The number of methoxy groups -OCH3 is 1. The van der Waals surface area contributed by atoms with Crippen LogP contribution in [0.2, 0.25) is 0 Å². The van der Waals surface area contributed by atoms with Crippen LogP contribution in [0.15, 0.2) is 54.6 Å². The summed E-state index contributed by atoms with van der Waals surface area (Å²) in [5.41, 5.74) is 8.19. The second-order valence-electron chi connectivity index (χ2n) is 7.46. The first-order valence-electron chi connectivity index (χ1n) is 9.99. The highest BCUT2D eigenvalue weighted by Crippen LogP contribution is 2.22. The number of amides is 2. The van der Waals surface area contributed by atoms with E-state index >= 15 is 0 Å². The molecule has 0 radical (unpaired) electrons. The second kappa shape index (κ2) is 9.56. The van der Waals surface area contributed by atoms with Crippen molar-refractivity contribution >= 4 is 11.8 Å². The molecular formula is C23H29N3O3. The summed E-state index contributed by atoms with van der Waals surface area (Å²) >= 11 is 0. The Labute approximate surface area is 172 Å². The molecule has 2 amide bonds. The van der Waals surface area contributed by atoms with E-state index in [-0.39, 0.29) is 23.8 Å². The molecule has 1 aliphatic heterocycles. The number of rotatable bonds is 6. The van der Waals surface area contributed by atoms with Crippen LogP contribution in [0.3, 0.4) is 0 Å². The van der Waals surface area contributed by atoms with Crippen LogP contribution < -0.4 is 10.5 Å². The van der Waals surface area contributed by atoms with Gasteiger partial charge in [-0.25, -0.2) is 0 Å². The standard InChI is InChI=1S/C23H29N3O3/c1-17(22(24)19-8-4-3-5-9-19)23(28)26-13-11-25(12-14-26)21(27)16-18-7-6-10-20(15-18)29-2/h3-10,15,17,22H,11-14,16,24H2,1-2H3. The normalized spacial score (nSPS) is 16.2. The number of hydrogen-bond acceptors (Lipinski definition) is 4. The maximum Gasteiger partial charge on any atom is 0.227 e. The van der Waals surface area contributed by atoms with Gasteiger partial charge in [0.25, 0.3) is 0 Å². The van der Waals surface area contributed by atoms with Crippen molar-refractivity contribution in [2.24, 2.45) is 11.7 Å². The van der Waals surface area contributed by atoms with Crippen molar-refractivity contribution in [2.45, 2.75) is 19.4 Å². The molecule has 0 saturated carbocycles. The Morgan fingerprint density at radius 3 is 2.31 bits per heavy atom. The molecule has 2 N–H and O–H groups in total. The Kier molecular flexibility index (Phi) is 6.88. The Bertz CT molecular complexity index is 832. The highest BCUT2D eigenvalue weighted by Gasteiger charge is 2.30. The van der Waals surface area contributed by atoms with Crippen molar-refractivity contribution < 1.29 is 14.3 Å². The van der Waals surface area contributed by atoms with Crippen LogP contribution in [0.4, 0.5) is 0 Å². The molecule has 29 heavy (non-hydrogen) atoms. The number of piperazine rings is 1. The van der Waals surface area contributed by atoms with Gasteiger partial charge in [0.1, 0.15) is 5.75 Å². The minimum absolute atomic E-state index is 0.0428. The third-order valence-electron chi connectivity index (χ3n) is 5.55. The maximum absolute atomic E-state index is 12.9. The first-order valence-corrected chi connectivity index (χ1v) is 9.99. The third-order valence-corrected chi connectivity index (χ3v) is 5.55. The summed E-state index contributed by atoms with van der Waals surface area (Å²) in [7, 11) is 1.61. The fourth-order valence-corrected chi connectivity index (χ4v) is 3.65. The number of carbonyl (C=O) groups is 2. The molecule has 154 valence electrons. The van der Waals surface area contributed by atoms with Gasteiger partial charge in [0.15, 0.2) is 0 Å². The monoisotopic (exact) mass is 395 g/mol. The first-order chi connectivity index (χ1) is 14.0. The summed E-state index contributed by atoms with van der Waals surface area (Å²) in [5.74, 6) is 0.548. The van der Waals surface area contributed by atoms with E-state index in [0.29, 0.717) is 32.6 Å². The molecule has 0 aliphatic carbocycles. The van der Waals surface area contributed by atoms with Crippen LogP contribution in [0.25, 0.3) is 0 Å². The van der Waals surface area contributed by atoms with E-state index in [0.717, 1.165) is 16.9 Å². The Hall–Kier alpha value is -2.86. The molecule has 2 aromatic carbocycles. The minimum atomic E-state index is -0.337. The van der Waals surface area contributed by atoms with Crippen molar-refractivity contribution in [1.29, 1.82) is 0 Å². The molecule has 0 spiro atoms. The highest BCUT2D eigenvalue weighted by atomic mass is 16.5. The predicted molar refractivity (Wildman–Crippen MR) is 112 cm³/mol. The second-order valence-corrected chi connectivity index (χ2v) is 7.46. The molecule has 2 unspecified atom stereocenters. The van der Waals surface area contributed by atoms with E-state index < -0.39 is 0 Å². The van der Waals surface area contributed by atoms with Gasteiger partial charge in [-0.05, 0) is 23.3 Å². The molecule has 1 aliphatic rings. The van der Waals surface area contributed by atoms with Crippen molar-refractivity contribution in [3.63, 3.8) is 0 Å². The zero-order chi connectivity index (χ0) is 20.8. The molecule has 0 bridgehead atoms. The van der Waals surface area contributed by atoms with Crippen molar-refractivity contribution in [3.05, 3.63) is 65.7 Å². The minimum Gasteiger partial charge on any atom is -0.497 e. The molecule has 1 heterocycles. The lowest BCUT2D eigenvalue weighted by molar-refractivity contribution is -0.142. The summed E-state index contributed by atoms with van der Waals surface area (Å²) < 4.78 is 5.22. The van der Waals surface area contributed by atoms with Crippen molar-refractivity contribution in [1.82, 2.24) is 9.80 Å². The molecule has 0 aromatic heterocycles. The van der Waals surface area contributed by atoms with Gasteiger partial charge in [0, 0.05) is 32.2 Å².